The zero-order chi connectivity index (χ0) is 22.3. The fourth-order valence-corrected chi connectivity index (χ4v) is 3.63. The standard InChI is InChI=1S/C23H37N3O5/c1-29-11-12-30-13-14-31-18-23(28)26-17-20-8-4-3-7-19(20)15-21(26)16-22(27)25-10-6-2-5-9-24/h3-4,7-8,21H,2,5-6,9-18,24H2,1H3,(H,25,27). The lowest BCUT2D eigenvalue weighted by molar-refractivity contribution is -0.141. The molecule has 0 aromatic heterocycles. The molecule has 0 radical (unpaired) electrons. The summed E-state index contributed by atoms with van der Waals surface area (Å²) >= 11 is 0. The topological polar surface area (TPSA) is 103 Å². The zero-order valence-electron chi connectivity index (χ0n) is 18.6. The van der Waals surface area contributed by atoms with Crippen LogP contribution in [-0.2, 0) is 36.8 Å². The third kappa shape index (κ3) is 9.35. The number of carbonyl (C=O) groups is 2. The number of carbonyl (C=O) groups excluding carboxylic acids is 2. The van der Waals surface area contributed by atoms with E-state index < -0.39 is 0 Å². The lowest BCUT2D eigenvalue weighted by Gasteiger charge is -2.36. The van der Waals surface area contributed by atoms with E-state index in [1.807, 2.05) is 18.2 Å². The van der Waals surface area contributed by atoms with E-state index in [4.69, 9.17) is 19.9 Å². The molecular weight excluding hydrogens is 398 g/mol. The summed E-state index contributed by atoms with van der Waals surface area (Å²) in [4.78, 5) is 27.1. The lowest BCUT2D eigenvalue weighted by Crippen LogP contribution is -2.48. The molecule has 3 N–H and O–H groups in total. The highest BCUT2D eigenvalue weighted by Crippen LogP contribution is 2.25. The number of hydrogen-bond donors (Lipinski definition) is 2. The van der Waals surface area contributed by atoms with Crippen molar-refractivity contribution < 1.29 is 23.8 Å². The summed E-state index contributed by atoms with van der Waals surface area (Å²) in [6.45, 7) is 3.58. The molecule has 8 nitrogen and oxygen atoms in total. The van der Waals surface area contributed by atoms with Gasteiger partial charge in [-0.05, 0) is 36.9 Å². The summed E-state index contributed by atoms with van der Waals surface area (Å²) in [6.07, 6.45) is 3.85. The van der Waals surface area contributed by atoms with Crippen molar-refractivity contribution in [3.63, 3.8) is 0 Å². The second-order valence-electron chi connectivity index (χ2n) is 7.71. The van der Waals surface area contributed by atoms with Crippen LogP contribution in [0, 0.1) is 0 Å². The number of fused-ring (bicyclic) bond motifs is 1. The van der Waals surface area contributed by atoms with Gasteiger partial charge < -0.3 is 30.2 Å². The van der Waals surface area contributed by atoms with Gasteiger partial charge in [0.05, 0.1) is 26.4 Å². The van der Waals surface area contributed by atoms with Gasteiger partial charge in [-0.25, -0.2) is 0 Å². The largest absolute Gasteiger partial charge is 0.382 e. The summed E-state index contributed by atoms with van der Waals surface area (Å²) in [5, 5.41) is 2.97. The molecule has 0 fully saturated rings. The Morgan fingerprint density at radius 3 is 2.58 bits per heavy atom. The minimum atomic E-state index is -0.173. The molecule has 1 aromatic rings. The van der Waals surface area contributed by atoms with Crippen LogP contribution in [0.25, 0.3) is 0 Å². The van der Waals surface area contributed by atoms with E-state index in [1.54, 1.807) is 12.0 Å². The fraction of sp³-hybridized carbons (Fsp3) is 0.652. The second-order valence-corrected chi connectivity index (χ2v) is 7.71. The third-order valence-corrected chi connectivity index (χ3v) is 5.33. The van der Waals surface area contributed by atoms with Crippen molar-refractivity contribution in [2.75, 3.05) is 53.2 Å². The number of nitrogens with zero attached hydrogens (tertiary/aromatic N) is 1. The number of nitrogens with one attached hydrogen (secondary N) is 1. The predicted octanol–water partition coefficient (Wildman–Crippen LogP) is 1.25. The van der Waals surface area contributed by atoms with Gasteiger partial charge in [-0.1, -0.05) is 30.7 Å². The quantitative estimate of drug-likeness (QED) is 0.402. The highest BCUT2D eigenvalue weighted by molar-refractivity contribution is 5.81. The molecule has 1 aliphatic heterocycles. The van der Waals surface area contributed by atoms with Crippen LogP contribution in [0.3, 0.4) is 0 Å². The minimum Gasteiger partial charge on any atom is -0.382 e. The van der Waals surface area contributed by atoms with Gasteiger partial charge >= 0.3 is 0 Å². The van der Waals surface area contributed by atoms with Gasteiger partial charge in [-0.3, -0.25) is 9.59 Å². The van der Waals surface area contributed by atoms with Gasteiger partial charge in [0.25, 0.3) is 0 Å². The lowest BCUT2D eigenvalue weighted by atomic mass is 9.92. The second kappa shape index (κ2) is 14.9. The van der Waals surface area contributed by atoms with Crippen LogP contribution in [0.4, 0.5) is 0 Å². The van der Waals surface area contributed by atoms with Crippen molar-refractivity contribution >= 4 is 11.8 Å². The first-order valence-corrected chi connectivity index (χ1v) is 11.1. The molecule has 0 aliphatic carbocycles. The first-order chi connectivity index (χ1) is 15.2. The van der Waals surface area contributed by atoms with Crippen LogP contribution >= 0.6 is 0 Å². The fourth-order valence-electron chi connectivity index (χ4n) is 3.63. The number of nitrogens with two attached hydrogens (primary N) is 1. The maximum Gasteiger partial charge on any atom is 0.249 e. The molecule has 174 valence electrons. The summed E-state index contributed by atoms with van der Waals surface area (Å²) in [6, 6.07) is 7.91. The van der Waals surface area contributed by atoms with E-state index in [0.29, 0.717) is 52.5 Å². The van der Waals surface area contributed by atoms with E-state index in [9.17, 15) is 9.59 Å². The van der Waals surface area contributed by atoms with Gasteiger partial charge in [0.2, 0.25) is 11.8 Å². The van der Waals surface area contributed by atoms with E-state index in [2.05, 4.69) is 11.4 Å². The molecular formula is C23H37N3O5. The summed E-state index contributed by atoms with van der Waals surface area (Å²) in [5.41, 5.74) is 7.82. The molecule has 2 amide bonds. The minimum absolute atomic E-state index is 0.0208. The number of methoxy groups -OCH3 is 1. The van der Waals surface area contributed by atoms with Gasteiger partial charge in [0.15, 0.2) is 0 Å². The Bertz CT molecular complexity index is 670. The summed E-state index contributed by atoms with van der Waals surface area (Å²) in [5.74, 6) is -0.130. The molecule has 0 saturated carbocycles. The van der Waals surface area contributed by atoms with Crippen molar-refractivity contribution in [2.24, 2.45) is 5.73 Å². The average Bonchev–Trinajstić information content (AvgIpc) is 2.77. The molecule has 1 aliphatic rings. The number of ether oxygens (including phenoxy) is 3. The number of amides is 2. The first kappa shape index (κ1) is 25.3. The van der Waals surface area contributed by atoms with E-state index in [1.165, 1.54) is 5.56 Å². The Labute approximate surface area is 185 Å². The molecule has 31 heavy (non-hydrogen) atoms. The van der Waals surface area contributed by atoms with Crippen LogP contribution in [0.5, 0.6) is 0 Å². The van der Waals surface area contributed by atoms with Crippen LogP contribution in [0.2, 0.25) is 0 Å². The average molecular weight is 436 g/mol. The number of rotatable bonds is 15. The van der Waals surface area contributed by atoms with E-state index in [-0.39, 0.29) is 30.9 Å². The van der Waals surface area contributed by atoms with Crippen molar-refractivity contribution in [2.45, 2.75) is 44.7 Å². The maximum absolute atomic E-state index is 12.9. The molecule has 1 aromatic carbocycles. The van der Waals surface area contributed by atoms with Crippen molar-refractivity contribution in [3.8, 4) is 0 Å². The molecule has 2 rings (SSSR count). The number of benzene rings is 1. The molecule has 1 atom stereocenters. The SMILES string of the molecule is COCCOCCOCC(=O)N1Cc2ccccc2CC1CC(=O)NCCCCCN. The first-order valence-electron chi connectivity index (χ1n) is 11.1. The number of unbranched alkanes of at least 4 members (excludes halogenated alkanes) is 2. The van der Waals surface area contributed by atoms with E-state index in [0.717, 1.165) is 24.8 Å². The Kier molecular flexibility index (Phi) is 12.2. The molecule has 1 heterocycles. The zero-order valence-corrected chi connectivity index (χ0v) is 18.6. The molecule has 0 bridgehead atoms. The predicted molar refractivity (Wildman–Crippen MR) is 119 cm³/mol. The van der Waals surface area contributed by atoms with Crippen LogP contribution in [-0.4, -0.2) is 76.0 Å². The van der Waals surface area contributed by atoms with E-state index >= 15 is 0 Å². The molecule has 0 saturated heterocycles. The number of hydrogen-bond acceptors (Lipinski definition) is 6. The van der Waals surface area contributed by atoms with Crippen LogP contribution < -0.4 is 11.1 Å². The monoisotopic (exact) mass is 435 g/mol. The Balaban J connectivity index is 1.85. The third-order valence-electron chi connectivity index (χ3n) is 5.33. The maximum atomic E-state index is 12.9. The Hall–Kier alpha value is -2.00. The highest BCUT2D eigenvalue weighted by atomic mass is 16.5. The van der Waals surface area contributed by atoms with Gasteiger partial charge in [-0.2, -0.15) is 0 Å². The van der Waals surface area contributed by atoms with Gasteiger partial charge in [0.1, 0.15) is 6.61 Å². The van der Waals surface area contributed by atoms with Crippen LogP contribution in [0.15, 0.2) is 24.3 Å². The summed E-state index contributed by atoms with van der Waals surface area (Å²) < 4.78 is 15.8. The smallest absolute Gasteiger partial charge is 0.249 e. The van der Waals surface area contributed by atoms with Crippen molar-refractivity contribution in [1.29, 1.82) is 0 Å². The van der Waals surface area contributed by atoms with Crippen molar-refractivity contribution in [3.05, 3.63) is 35.4 Å². The highest BCUT2D eigenvalue weighted by Gasteiger charge is 2.31. The molecule has 0 spiro atoms. The van der Waals surface area contributed by atoms with Gasteiger partial charge in [-0.15, -0.1) is 0 Å². The van der Waals surface area contributed by atoms with Gasteiger partial charge in [0, 0.05) is 32.7 Å². The molecule has 1 unspecified atom stereocenters. The summed E-state index contributed by atoms with van der Waals surface area (Å²) in [7, 11) is 1.62. The Morgan fingerprint density at radius 2 is 1.81 bits per heavy atom. The van der Waals surface area contributed by atoms with Crippen LogP contribution in [0.1, 0.15) is 36.8 Å². The van der Waals surface area contributed by atoms with Crippen molar-refractivity contribution in [1.82, 2.24) is 10.2 Å². The molecule has 8 heteroatoms. The Morgan fingerprint density at radius 1 is 1.06 bits per heavy atom. The normalized spacial score (nSPS) is 15.5.